The molecule has 0 aliphatic carbocycles. The second-order valence-electron chi connectivity index (χ2n) is 8.36. The van der Waals surface area contributed by atoms with Gasteiger partial charge in [0.05, 0.1) is 11.1 Å². The van der Waals surface area contributed by atoms with Crippen molar-refractivity contribution in [1.29, 1.82) is 0 Å². The Morgan fingerprint density at radius 3 is 2.67 bits per heavy atom. The van der Waals surface area contributed by atoms with Crippen molar-refractivity contribution in [3.63, 3.8) is 0 Å². The summed E-state index contributed by atoms with van der Waals surface area (Å²) in [4.78, 5) is 52.7. The van der Waals surface area contributed by atoms with E-state index < -0.39 is 23.8 Å². The lowest BCUT2D eigenvalue weighted by molar-refractivity contribution is -0.136. The van der Waals surface area contributed by atoms with Crippen molar-refractivity contribution in [3.05, 3.63) is 34.9 Å². The first-order valence-electron chi connectivity index (χ1n) is 10.8. The van der Waals surface area contributed by atoms with Crippen molar-refractivity contribution in [3.8, 4) is 0 Å². The molecule has 2 N–H and O–H groups in total. The molecule has 1 aromatic carbocycles. The minimum absolute atomic E-state index is 0.122. The molecule has 160 valence electrons. The molecule has 2 fully saturated rings. The van der Waals surface area contributed by atoms with Gasteiger partial charge in [0, 0.05) is 38.6 Å². The molecule has 3 aliphatic rings. The molecule has 2 saturated heterocycles. The third-order valence-electron chi connectivity index (χ3n) is 6.16. The number of unbranched alkanes of at least 4 members (excludes halogenated alkanes) is 1. The molecule has 0 radical (unpaired) electrons. The van der Waals surface area contributed by atoms with Crippen molar-refractivity contribution in [1.82, 2.24) is 20.4 Å². The van der Waals surface area contributed by atoms with Gasteiger partial charge >= 0.3 is 0 Å². The van der Waals surface area contributed by atoms with Crippen LogP contribution in [-0.2, 0) is 16.1 Å². The number of carbonyl (C=O) groups excluding carboxylic acids is 4. The third kappa shape index (κ3) is 4.02. The van der Waals surface area contributed by atoms with Crippen molar-refractivity contribution in [2.24, 2.45) is 0 Å². The van der Waals surface area contributed by atoms with Crippen LogP contribution in [0.5, 0.6) is 0 Å². The minimum atomic E-state index is -0.925. The Morgan fingerprint density at radius 2 is 1.90 bits per heavy atom. The number of piperidine rings is 1. The molecule has 1 aromatic rings. The molecule has 0 saturated carbocycles. The van der Waals surface area contributed by atoms with Crippen LogP contribution >= 0.6 is 0 Å². The maximum Gasteiger partial charge on any atom is 0.262 e. The van der Waals surface area contributed by atoms with Crippen molar-refractivity contribution in [2.75, 3.05) is 19.6 Å². The van der Waals surface area contributed by atoms with Crippen LogP contribution in [-0.4, -0.2) is 65.1 Å². The van der Waals surface area contributed by atoms with Crippen LogP contribution in [0.4, 0.5) is 0 Å². The third-order valence-corrected chi connectivity index (χ3v) is 6.16. The molecule has 0 aromatic heterocycles. The number of nitrogens with zero attached hydrogens (tertiary/aromatic N) is 2. The molecular weight excluding hydrogens is 384 g/mol. The first-order valence-corrected chi connectivity index (χ1v) is 10.8. The molecule has 8 nitrogen and oxygen atoms in total. The van der Waals surface area contributed by atoms with Gasteiger partial charge in [-0.3, -0.25) is 34.3 Å². The van der Waals surface area contributed by atoms with Crippen LogP contribution in [0.15, 0.2) is 18.2 Å². The number of hydrogen-bond donors (Lipinski definition) is 2. The average molecular weight is 412 g/mol. The van der Waals surface area contributed by atoms with Crippen LogP contribution in [0, 0.1) is 0 Å². The number of benzene rings is 1. The fourth-order valence-corrected chi connectivity index (χ4v) is 4.56. The lowest BCUT2D eigenvalue weighted by Crippen LogP contribution is -2.54. The average Bonchev–Trinajstić information content (AvgIpc) is 2.97. The number of imide groups is 2. The highest BCUT2D eigenvalue weighted by Crippen LogP contribution is 2.28. The summed E-state index contributed by atoms with van der Waals surface area (Å²) in [6, 6.07) is 4.92. The van der Waals surface area contributed by atoms with Crippen LogP contribution < -0.4 is 10.6 Å². The van der Waals surface area contributed by atoms with Gasteiger partial charge in [-0.05, 0) is 30.5 Å². The van der Waals surface area contributed by atoms with Gasteiger partial charge in [-0.15, -0.1) is 0 Å². The zero-order valence-electron chi connectivity index (χ0n) is 17.3. The van der Waals surface area contributed by atoms with Gasteiger partial charge < -0.3 is 5.32 Å². The summed E-state index contributed by atoms with van der Waals surface area (Å²) in [6.07, 6.45) is 3.84. The van der Waals surface area contributed by atoms with E-state index in [-0.39, 0.29) is 18.7 Å². The molecule has 0 bridgehead atoms. The molecule has 8 heteroatoms. The van der Waals surface area contributed by atoms with E-state index >= 15 is 0 Å². The second kappa shape index (κ2) is 8.65. The standard InChI is InChI=1S/C22H28N4O4/c1-2-3-4-15-13-25(10-9-23-15)12-14-5-6-16-17(11-14)22(30)26(21(16)29)18-7-8-19(27)24-20(18)28/h5-6,11,15,18,23H,2-4,7-10,12-13H2,1H3,(H,24,27,28)/t15-,18?/m0/s1. The highest BCUT2D eigenvalue weighted by atomic mass is 16.2. The zero-order chi connectivity index (χ0) is 21.3. The van der Waals surface area contributed by atoms with Gasteiger partial charge in [0.25, 0.3) is 11.8 Å². The molecule has 4 amide bonds. The van der Waals surface area contributed by atoms with Gasteiger partial charge in [0.15, 0.2) is 0 Å². The van der Waals surface area contributed by atoms with E-state index in [0.29, 0.717) is 17.2 Å². The Labute approximate surface area is 176 Å². The number of carbonyl (C=O) groups is 4. The number of amides is 4. The predicted molar refractivity (Wildman–Crippen MR) is 110 cm³/mol. The Hall–Kier alpha value is -2.58. The quantitative estimate of drug-likeness (QED) is 0.678. The normalized spacial score (nSPS) is 24.9. The monoisotopic (exact) mass is 412 g/mol. The summed E-state index contributed by atoms with van der Waals surface area (Å²) in [5, 5.41) is 5.79. The molecule has 2 atom stereocenters. The highest BCUT2D eigenvalue weighted by Gasteiger charge is 2.44. The summed E-state index contributed by atoms with van der Waals surface area (Å²) in [6.45, 7) is 5.76. The van der Waals surface area contributed by atoms with E-state index in [1.165, 1.54) is 12.8 Å². The summed E-state index contributed by atoms with van der Waals surface area (Å²) >= 11 is 0. The Bertz CT molecular complexity index is 884. The summed E-state index contributed by atoms with van der Waals surface area (Å²) < 4.78 is 0. The van der Waals surface area contributed by atoms with E-state index in [4.69, 9.17) is 0 Å². The van der Waals surface area contributed by atoms with E-state index in [9.17, 15) is 19.2 Å². The van der Waals surface area contributed by atoms with E-state index in [2.05, 4.69) is 22.5 Å². The van der Waals surface area contributed by atoms with Gasteiger partial charge in [0.2, 0.25) is 11.8 Å². The van der Waals surface area contributed by atoms with Crippen molar-refractivity contribution in [2.45, 2.75) is 57.7 Å². The summed E-state index contributed by atoms with van der Waals surface area (Å²) in [5.74, 6) is -1.87. The molecular formula is C22H28N4O4. The fourth-order valence-electron chi connectivity index (χ4n) is 4.56. The smallest absolute Gasteiger partial charge is 0.262 e. The van der Waals surface area contributed by atoms with Gasteiger partial charge in [-0.2, -0.15) is 0 Å². The van der Waals surface area contributed by atoms with Gasteiger partial charge in [0.1, 0.15) is 6.04 Å². The number of rotatable bonds is 6. The first-order chi connectivity index (χ1) is 14.5. The molecule has 3 heterocycles. The Morgan fingerprint density at radius 1 is 1.10 bits per heavy atom. The SMILES string of the molecule is CCCC[C@H]1CN(Cc2ccc3c(c2)C(=O)N(C2CCC(=O)NC2=O)C3=O)CCN1. The molecule has 3 aliphatic heterocycles. The number of hydrogen-bond acceptors (Lipinski definition) is 6. The summed E-state index contributed by atoms with van der Waals surface area (Å²) in [7, 11) is 0. The van der Waals surface area contributed by atoms with Gasteiger partial charge in [-0.1, -0.05) is 25.8 Å². The maximum absolute atomic E-state index is 13.0. The van der Waals surface area contributed by atoms with Crippen molar-refractivity contribution < 1.29 is 19.2 Å². The Kier molecular flexibility index (Phi) is 5.97. The highest BCUT2D eigenvalue weighted by molar-refractivity contribution is 6.23. The molecule has 1 unspecified atom stereocenters. The molecule has 4 rings (SSSR count). The lowest BCUT2D eigenvalue weighted by atomic mass is 10.0. The van der Waals surface area contributed by atoms with Crippen LogP contribution in [0.3, 0.4) is 0 Å². The zero-order valence-corrected chi connectivity index (χ0v) is 17.3. The Balaban J connectivity index is 1.47. The van der Waals surface area contributed by atoms with Crippen LogP contribution in [0.2, 0.25) is 0 Å². The predicted octanol–water partition coefficient (Wildman–Crippen LogP) is 1.05. The van der Waals surface area contributed by atoms with Crippen molar-refractivity contribution >= 4 is 23.6 Å². The minimum Gasteiger partial charge on any atom is -0.311 e. The number of piperazine rings is 1. The van der Waals surface area contributed by atoms with Gasteiger partial charge in [-0.25, -0.2) is 0 Å². The molecule has 0 spiro atoms. The largest absolute Gasteiger partial charge is 0.311 e. The summed E-state index contributed by atoms with van der Waals surface area (Å²) in [5.41, 5.74) is 1.66. The first kappa shape index (κ1) is 20.7. The van der Waals surface area contributed by atoms with E-state index in [0.717, 1.165) is 43.1 Å². The fraction of sp³-hybridized carbons (Fsp3) is 0.545. The van der Waals surface area contributed by atoms with Crippen LogP contribution in [0.1, 0.15) is 65.3 Å². The van der Waals surface area contributed by atoms with Crippen LogP contribution in [0.25, 0.3) is 0 Å². The van der Waals surface area contributed by atoms with E-state index in [1.807, 2.05) is 6.07 Å². The molecule has 30 heavy (non-hydrogen) atoms. The maximum atomic E-state index is 13.0. The second-order valence-corrected chi connectivity index (χ2v) is 8.36. The number of nitrogens with one attached hydrogen (secondary N) is 2. The number of fused-ring (bicyclic) bond motifs is 1. The lowest BCUT2D eigenvalue weighted by Gasteiger charge is -2.33. The topological polar surface area (TPSA) is 98.8 Å². The van der Waals surface area contributed by atoms with E-state index in [1.54, 1.807) is 12.1 Å².